The number of amides is 1. The summed E-state index contributed by atoms with van der Waals surface area (Å²) in [5.74, 6) is 1.12. The lowest BCUT2D eigenvalue weighted by atomic mass is 10.0. The Morgan fingerprint density at radius 2 is 2.10 bits per heavy atom. The topological polar surface area (TPSA) is 32.3 Å². The molecule has 0 saturated heterocycles. The summed E-state index contributed by atoms with van der Waals surface area (Å²) in [7, 11) is 0. The van der Waals surface area contributed by atoms with E-state index in [-0.39, 0.29) is 5.92 Å². The summed E-state index contributed by atoms with van der Waals surface area (Å²) < 4.78 is 0. The molecule has 1 heterocycles. The minimum Gasteiger partial charge on any atom is -0.312 e. The van der Waals surface area contributed by atoms with E-state index in [2.05, 4.69) is 48.3 Å². The van der Waals surface area contributed by atoms with Crippen molar-refractivity contribution in [2.75, 3.05) is 18.0 Å². The number of hydrogen-bond acceptors (Lipinski definition) is 2. The zero-order valence-electron chi connectivity index (χ0n) is 13.1. The second-order valence-corrected chi connectivity index (χ2v) is 6.43. The van der Waals surface area contributed by atoms with Crippen LogP contribution in [-0.4, -0.2) is 19.0 Å². The lowest BCUT2D eigenvalue weighted by Crippen LogP contribution is -2.36. The first-order valence-electron chi connectivity index (χ1n) is 8.36. The first-order valence-corrected chi connectivity index (χ1v) is 8.36. The number of nitrogens with one attached hydrogen (secondary N) is 1. The molecule has 114 valence electrons. The van der Waals surface area contributed by atoms with Gasteiger partial charge in [-0.25, -0.2) is 0 Å². The van der Waals surface area contributed by atoms with Crippen LogP contribution < -0.4 is 10.2 Å². The van der Waals surface area contributed by atoms with Crippen LogP contribution in [0.25, 0.3) is 0 Å². The van der Waals surface area contributed by atoms with Crippen molar-refractivity contribution in [3.63, 3.8) is 0 Å². The molecule has 0 aromatic heterocycles. The van der Waals surface area contributed by atoms with Gasteiger partial charge in [-0.1, -0.05) is 32.0 Å². The highest BCUT2D eigenvalue weighted by Gasteiger charge is 2.36. The summed E-state index contributed by atoms with van der Waals surface area (Å²) in [6.45, 7) is 6.07. The smallest absolute Gasteiger partial charge is 0.230 e. The second kappa shape index (κ2) is 6.18. The number of nitrogens with zero attached hydrogens (tertiary/aromatic N) is 1. The van der Waals surface area contributed by atoms with Crippen LogP contribution in [-0.2, 0) is 4.79 Å². The van der Waals surface area contributed by atoms with Crippen molar-refractivity contribution in [3.05, 3.63) is 29.8 Å². The number of carbonyl (C=O) groups excluding carboxylic acids is 1. The highest BCUT2D eigenvalue weighted by molar-refractivity contribution is 5.96. The predicted octanol–water partition coefficient (Wildman–Crippen LogP) is 3.51. The summed E-state index contributed by atoms with van der Waals surface area (Å²) in [4.78, 5) is 14.9. The average Bonchev–Trinajstić information content (AvgIpc) is 3.34. The zero-order valence-corrected chi connectivity index (χ0v) is 13.1. The Morgan fingerprint density at radius 3 is 2.81 bits per heavy atom. The number of carbonyl (C=O) groups is 1. The lowest BCUT2D eigenvalue weighted by molar-refractivity contribution is -0.122. The molecule has 1 fully saturated rings. The number of para-hydroxylation sites is 1. The molecule has 1 aliphatic carbocycles. The SMILES string of the molecule is CCNC1CCCN(C(=O)C(C)C2CC2)c2ccccc21. The van der Waals surface area contributed by atoms with E-state index in [9.17, 15) is 4.79 Å². The zero-order chi connectivity index (χ0) is 14.8. The Hall–Kier alpha value is -1.35. The number of rotatable bonds is 4. The van der Waals surface area contributed by atoms with E-state index in [1.54, 1.807) is 0 Å². The summed E-state index contributed by atoms with van der Waals surface area (Å²) in [5, 5.41) is 3.57. The molecule has 1 aromatic carbocycles. The molecule has 3 nitrogen and oxygen atoms in total. The molecule has 1 aromatic rings. The van der Waals surface area contributed by atoms with Gasteiger partial charge in [-0.2, -0.15) is 0 Å². The van der Waals surface area contributed by atoms with Gasteiger partial charge < -0.3 is 10.2 Å². The third kappa shape index (κ3) is 2.98. The summed E-state index contributed by atoms with van der Waals surface area (Å²) in [6.07, 6.45) is 4.62. The maximum Gasteiger partial charge on any atom is 0.230 e. The summed E-state index contributed by atoms with van der Waals surface area (Å²) >= 11 is 0. The molecule has 21 heavy (non-hydrogen) atoms. The molecular weight excluding hydrogens is 260 g/mol. The van der Waals surface area contributed by atoms with Gasteiger partial charge in [0.2, 0.25) is 5.91 Å². The Kier molecular flexibility index (Phi) is 4.29. The molecular formula is C18H26N2O. The molecule has 0 radical (unpaired) electrons. The van der Waals surface area contributed by atoms with Crippen LogP contribution in [0.4, 0.5) is 5.69 Å². The highest BCUT2D eigenvalue weighted by atomic mass is 16.2. The van der Waals surface area contributed by atoms with E-state index >= 15 is 0 Å². The van der Waals surface area contributed by atoms with Crippen molar-refractivity contribution < 1.29 is 4.79 Å². The van der Waals surface area contributed by atoms with Gasteiger partial charge in [0.15, 0.2) is 0 Å². The molecule has 0 bridgehead atoms. The van der Waals surface area contributed by atoms with Crippen LogP contribution in [0.5, 0.6) is 0 Å². The average molecular weight is 286 g/mol. The minimum atomic E-state index is 0.175. The Labute approximate surface area is 127 Å². The van der Waals surface area contributed by atoms with E-state index < -0.39 is 0 Å². The maximum absolute atomic E-state index is 12.9. The molecule has 2 aliphatic rings. The Balaban J connectivity index is 1.90. The molecule has 3 heteroatoms. The third-order valence-electron chi connectivity index (χ3n) is 4.91. The molecule has 1 saturated carbocycles. The van der Waals surface area contributed by atoms with E-state index in [1.165, 1.54) is 18.4 Å². The number of anilines is 1. The fourth-order valence-corrected chi connectivity index (χ4v) is 3.49. The Bertz CT molecular complexity index is 510. The maximum atomic E-state index is 12.9. The van der Waals surface area contributed by atoms with Gasteiger partial charge >= 0.3 is 0 Å². The van der Waals surface area contributed by atoms with Gasteiger partial charge in [0, 0.05) is 24.2 Å². The highest BCUT2D eigenvalue weighted by Crippen LogP contribution is 2.40. The second-order valence-electron chi connectivity index (χ2n) is 6.43. The number of hydrogen-bond donors (Lipinski definition) is 1. The fraction of sp³-hybridized carbons (Fsp3) is 0.611. The fourth-order valence-electron chi connectivity index (χ4n) is 3.49. The van der Waals surface area contributed by atoms with Gasteiger partial charge in [-0.15, -0.1) is 0 Å². The molecule has 2 atom stereocenters. The number of benzene rings is 1. The van der Waals surface area contributed by atoms with E-state index in [0.29, 0.717) is 17.9 Å². The minimum absolute atomic E-state index is 0.175. The van der Waals surface area contributed by atoms with E-state index in [0.717, 1.165) is 31.6 Å². The van der Waals surface area contributed by atoms with Crippen LogP contribution in [0.15, 0.2) is 24.3 Å². The molecule has 1 N–H and O–H groups in total. The van der Waals surface area contributed by atoms with E-state index in [1.807, 2.05) is 0 Å². The number of fused-ring (bicyclic) bond motifs is 1. The van der Waals surface area contributed by atoms with Crippen LogP contribution >= 0.6 is 0 Å². The largest absolute Gasteiger partial charge is 0.312 e. The van der Waals surface area contributed by atoms with Crippen LogP contribution in [0, 0.1) is 11.8 Å². The molecule has 1 amide bonds. The van der Waals surface area contributed by atoms with Crippen molar-refractivity contribution in [2.45, 2.75) is 45.6 Å². The van der Waals surface area contributed by atoms with E-state index in [4.69, 9.17) is 0 Å². The van der Waals surface area contributed by atoms with Crippen molar-refractivity contribution in [2.24, 2.45) is 11.8 Å². The van der Waals surface area contributed by atoms with Crippen molar-refractivity contribution in [3.8, 4) is 0 Å². The Morgan fingerprint density at radius 1 is 1.33 bits per heavy atom. The van der Waals surface area contributed by atoms with Gasteiger partial charge in [0.25, 0.3) is 0 Å². The third-order valence-corrected chi connectivity index (χ3v) is 4.91. The van der Waals surface area contributed by atoms with Crippen molar-refractivity contribution in [1.82, 2.24) is 5.32 Å². The van der Waals surface area contributed by atoms with Gasteiger partial charge in [0.05, 0.1) is 0 Å². The molecule has 2 unspecified atom stereocenters. The monoisotopic (exact) mass is 286 g/mol. The molecule has 3 rings (SSSR count). The quantitative estimate of drug-likeness (QED) is 0.918. The van der Waals surface area contributed by atoms with Gasteiger partial charge in [-0.05, 0) is 49.8 Å². The first kappa shape index (κ1) is 14.6. The van der Waals surface area contributed by atoms with Crippen LogP contribution in [0.2, 0.25) is 0 Å². The molecule has 1 aliphatic heterocycles. The lowest BCUT2D eigenvalue weighted by Gasteiger charge is -2.27. The summed E-state index contributed by atoms with van der Waals surface area (Å²) in [6, 6.07) is 8.80. The van der Waals surface area contributed by atoms with Crippen LogP contribution in [0.3, 0.4) is 0 Å². The first-order chi connectivity index (χ1) is 10.2. The van der Waals surface area contributed by atoms with Crippen molar-refractivity contribution >= 4 is 11.6 Å². The van der Waals surface area contributed by atoms with Crippen molar-refractivity contribution in [1.29, 1.82) is 0 Å². The molecule has 0 spiro atoms. The summed E-state index contributed by atoms with van der Waals surface area (Å²) in [5.41, 5.74) is 2.41. The predicted molar refractivity (Wildman–Crippen MR) is 86.3 cm³/mol. The van der Waals surface area contributed by atoms with Gasteiger partial charge in [0.1, 0.15) is 0 Å². The normalized spacial score (nSPS) is 23.3. The van der Waals surface area contributed by atoms with Crippen LogP contribution in [0.1, 0.15) is 51.1 Å². The van der Waals surface area contributed by atoms with Gasteiger partial charge in [-0.3, -0.25) is 4.79 Å². The standard InChI is InChI=1S/C18H26N2O/c1-3-19-16-8-6-12-20(17-9-5-4-7-15(16)17)18(21)13(2)14-10-11-14/h4-5,7,9,13-14,16,19H,3,6,8,10-12H2,1-2H3.